The fraction of sp³-hybridized carbons (Fsp3) is 0.290. The minimum absolute atomic E-state index is 0.0823. The number of nitrogens with zero attached hydrogens (tertiary/aromatic N) is 4. The Morgan fingerprint density at radius 2 is 1.50 bits per heavy atom. The molecule has 3 aromatic heterocycles. The molecule has 0 aliphatic heterocycles. The summed E-state index contributed by atoms with van der Waals surface area (Å²) in [6, 6.07) is 14.0. The van der Waals surface area contributed by atoms with Crippen LogP contribution in [0.3, 0.4) is 0 Å². The van der Waals surface area contributed by atoms with Crippen molar-refractivity contribution in [3.8, 4) is 0 Å². The fourth-order valence-corrected chi connectivity index (χ4v) is 7.85. The number of amides is 2. The highest BCUT2D eigenvalue weighted by atomic mass is 32.1. The molecule has 2 aromatic carbocycles. The van der Waals surface area contributed by atoms with Gasteiger partial charge in [0.2, 0.25) is 22.1 Å². The summed E-state index contributed by atoms with van der Waals surface area (Å²) in [5.41, 5.74) is 5.44. The van der Waals surface area contributed by atoms with Gasteiger partial charge in [-0.05, 0) is 60.1 Å². The molecule has 2 amide bonds. The van der Waals surface area contributed by atoms with E-state index in [1.807, 2.05) is 42.6 Å². The molecule has 1 saturated carbocycles. The summed E-state index contributed by atoms with van der Waals surface area (Å²) in [4.78, 5) is 28.7. The van der Waals surface area contributed by atoms with Gasteiger partial charge in [-0.25, -0.2) is 0 Å². The maximum absolute atomic E-state index is 12.8. The standard InChI is InChI=1S/C31H29N7O2S2/c39-26(16-19-7-1-5-18-6-3-11-23(18)19)33-30-37-35-28(41-30)21-9-2-10-22(15-21)29-36-38-31(42-29)34-27(40)17-20-8-4-12-25-24(20)13-14-32-25/h1,3-5,7-8,11-14,21-22,32H,2,6,9-10,15-17H2,(H,33,37,39)(H,34,38,40)/t21-,22-/m0/s1. The summed E-state index contributed by atoms with van der Waals surface area (Å²) in [6.45, 7) is 0. The van der Waals surface area contributed by atoms with E-state index in [0.29, 0.717) is 16.7 Å². The SMILES string of the molecule is O=C(Cc1cccc2c1C=CC2)Nc1nnc([C@H]2CCC[C@H](c3nnc(NC(=O)Cc4cccc5[nH]ccc45)s3)C2)s1. The number of allylic oxidation sites excluding steroid dienone is 1. The number of fused-ring (bicyclic) bond motifs is 2. The van der Waals surface area contributed by atoms with Crippen molar-refractivity contribution in [2.45, 2.75) is 56.8 Å². The molecule has 2 atom stereocenters. The number of aromatic nitrogens is 5. The van der Waals surface area contributed by atoms with Gasteiger partial charge >= 0.3 is 0 Å². The Morgan fingerprint density at radius 3 is 2.24 bits per heavy atom. The van der Waals surface area contributed by atoms with Gasteiger partial charge in [0.1, 0.15) is 10.0 Å². The van der Waals surface area contributed by atoms with E-state index in [1.54, 1.807) is 0 Å². The second-order valence-corrected chi connectivity index (χ2v) is 12.9. The monoisotopic (exact) mass is 595 g/mol. The number of benzene rings is 2. The minimum atomic E-state index is -0.107. The van der Waals surface area contributed by atoms with E-state index < -0.39 is 0 Å². The second kappa shape index (κ2) is 11.6. The third-order valence-electron chi connectivity index (χ3n) is 8.04. The molecule has 0 saturated heterocycles. The lowest BCUT2D eigenvalue weighted by molar-refractivity contribution is -0.116. The van der Waals surface area contributed by atoms with E-state index in [2.05, 4.69) is 54.2 Å². The number of anilines is 2. The molecule has 2 aliphatic rings. The smallest absolute Gasteiger partial charge is 0.230 e. The van der Waals surface area contributed by atoms with Gasteiger partial charge in [-0.15, -0.1) is 20.4 Å². The summed E-state index contributed by atoms with van der Waals surface area (Å²) in [7, 11) is 0. The second-order valence-electron chi connectivity index (χ2n) is 10.9. The molecular weight excluding hydrogens is 567 g/mol. The van der Waals surface area contributed by atoms with Crippen molar-refractivity contribution in [2.24, 2.45) is 0 Å². The molecule has 0 unspecified atom stereocenters. The molecule has 0 radical (unpaired) electrons. The minimum Gasteiger partial charge on any atom is -0.361 e. The summed E-state index contributed by atoms with van der Waals surface area (Å²) in [5, 5.41) is 27.3. The van der Waals surface area contributed by atoms with Crippen molar-refractivity contribution < 1.29 is 9.59 Å². The van der Waals surface area contributed by atoms with Gasteiger partial charge in [0.05, 0.1) is 12.8 Å². The predicted octanol–water partition coefficient (Wildman–Crippen LogP) is 6.24. The van der Waals surface area contributed by atoms with Crippen molar-refractivity contribution in [3.05, 3.63) is 87.0 Å². The van der Waals surface area contributed by atoms with Gasteiger partial charge in [-0.1, -0.05) is 71.6 Å². The van der Waals surface area contributed by atoms with Gasteiger partial charge in [-0.3, -0.25) is 9.59 Å². The van der Waals surface area contributed by atoms with E-state index in [-0.39, 0.29) is 30.1 Å². The highest BCUT2D eigenvalue weighted by Gasteiger charge is 2.29. The van der Waals surface area contributed by atoms with Crippen LogP contribution < -0.4 is 10.6 Å². The van der Waals surface area contributed by atoms with Crippen LogP contribution in [-0.2, 0) is 28.9 Å². The Bertz CT molecular complexity index is 1800. The van der Waals surface area contributed by atoms with Gasteiger partial charge < -0.3 is 15.6 Å². The normalized spacial score (nSPS) is 17.8. The van der Waals surface area contributed by atoms with Crippen LogP contribution in [0, 0.1) is 0 Å². The van der Waals surface area contributed by atoms with Crippen molar-refractivity contribution in [2.75, 3.05) is 10.6 Å². The lowest BCUT2D eigenvalue weighted by atomic mass is 9.82. The Morgan fingerprint density at radius 1 is 0.833 bits per heavy atom. The van der Waals surface area contributed by atoms with E-state index >= 15 is 0 Å². The van der Waals surface area contributed by atoms with Crippen LogP contribution in [0.2, 0.25) is 0 Å². The van der Waals surface area contributed by atoms with Gasteiger partial charge in [0.25, 0.3) is 0 Å². The molecule has 3 N–H and O–H groups in total. The first-order valence-corrected chi connectivity index (χ1v) is 15.8. The number of carbonyl (C=O) groups excluding carboxylic acids is 2. The molecule has 0 spiro atoms. The first-order valence-electron chi connectivity index (χ1n) is 14.2. The van der Waals surface area contributed by atoms with Crippen LogP contribution in [0.4, 0.5) is 10.3 Å². The molecule has 2 aliphatic carbocycles. The Balaban J connectivity index is 0.950. The summed E-state index contributed by atoms with van der Waals surface area (Å²) >= 11 is 2.91. The zero-order valence-electron chi connectivity index (χ0n) is 22.8. The highest BCUT2D eigenvalue weighted by molar-refractivity contribution is 7.15. The zero-order valence-corrected chi connectivity index (χ0v) is 24.4. The van der Waals surface area contributed by atoms with E-state index in [9.17, 15) is 9.59 Å². The van der Waals surface area contributed by atoms with E-state index in [0.717, 1.165) is 69.7 Å². The van der Waals surface area contributed by atoms with Crippen molar-refractivity contribution >= 4 is 61.7 Å². The van der Waals surface area contributed by atoms with Crippen LogP contribution in [-0.4, -0.2) is 37.2 Å². The van der Waals surface area contributed by atoms with E-state index in [1.165, 1.54) is 28.2 Å². The van der Waals surface area contributed by atoms with Crippen molar-refractivity contribution in [1.82, 2.24) is 25.4 Å². The quantitative estimate of drug-likeness (QED) is 0.195. The van der Waals surface area contributed by atoms with E-state index in [4.69, 9.17) is 0 Å². The first kappa shape index (κ1) is 26.7. The van der Waals surface area contributed by atoms with Gasteiger partial charge in [-0.2, -0.15) is 0 Å². The molecular formula is C31H29N7O2S2. The maximum Gasteiger partial charge on any atom is 0.230 e. The number of nitrogens with one attached hydrogen (secondary N) is 3. The number of H-pyrrole nitrogens is 1. The molecule has 1 fully saturated rings. The Labute approximate surface area is 250 Å². The van der Waals surface area contributed by atoms with Crippen LogP contribution >= 0.6 is 22.7 Å². The highest BCUT2D eigenvalue weighted by Crippen LogP contribution is 2.43. The number of hydrogen-bond acceptors (Lipinski definition) is 8. The Hall–Kier alpha value is -4.22. The summed E-state index contributed by atoms with van der Waals surface area (Å²) < 4.78 is 0. The largest absolute Gasteiger partial charge is 0.361 e. The number of aromatic amines is 1. The molecule has 7 rings (SSSR count). The number of carbonyl (C=O) groups is 2. The van der Waals surface area contributed by atoms with Crippen LogP contribution in [0.25, 0.3) is 17.0 Å². The number of hydrogen-bond donors (Lipinski definition) is 3. The molecule has 5 aromatic rings. The number of rotatable bonds is 8. The van der Waals surface area contributed by atoms with Crippen LogP contribution in [0.1, 0.15) is 69.8 Å². The zero-order chi connectivity index (χ0) is 28.5. The summed E-state index contributed by atoms with van der Waals surface area (Å²) in [6.07, 6.45) is 11.6. The topological polar surface area (TPSA) is 126 Å². The molecule has 212 valence electrons. The van der Waals surface area contributed by atoms with Gasteiger partial charge in [0, 0.05) is 28.9 Å². The lowest BCUT2D eigenvalue weighted by Gasteiger charge is -2.25. The van der Waals surface area contributed by atoms with Crippen molar-refractivity contribution in [1.29, 1.82) is 0 Å². The van der Waals surface area contributed by atoms with Crippen LogP contribution in [0.5, 0.6) is 0 Å². The average molecular weight is 596 g/mol. The lowest BCUT2D eigenvalue weighted by Crippen LogP contribution is -2.15. The predicted molar refractivity (Wildman–Crippen MR) is 166 cm³/mol. The first-order chi connectivity index (χ1) is 20.6. The average Bonchev–Trinajstić information content (AvgIpc) is 3.81. The molecule has 3 heterocycles. The Kier molecular flexibility index (Phi) is 7.35. The molecule has 9 nitrogen and oxygen atoms in total. The maximum atomic E-state index is 12.8. The molecule has 11 heteroatoms. The third kappa shape index (κ3) is 5.62. The molecule has 0 bridgehead atoms. The van der Waals surface area contributed by atoms with Gasteiger partial charge in [0.15, 0.2) is 0 Å². The summed E-state index contributed by atoms with van der Waals surface area (Å²) in [5.74, 6) is 0.305. The molecule has 42 heavy (non-hydrogen) atoms. The fourth-order valence-electron chi connectivity index (χ4n) is 6.03. The van der Waals surface area contributed by atoms with Crippen molar-refractivity contribution in [3.63, 3.8) is 0 Å². The van der Waals surface area contributed by atoms with Crippen LogP contribution in [0.15, 0.2) is 54.7 Å². The third-order valence-corrected chi connectivity index (χ3v) is 10.0.